The molecule has 0 saturated heterocycles. The molecule has 26 heavy (non-hydrogen) atoms. The molecular formula is C15H17Br2N3O5S. The van der Waals surface area contributed by atoms with Gasteiger partial charge in [0.2, 0.25) is 5.91 Å². The van der Waals surface area contributed by atoms with Crippen LogP contribution in [0.15, 0.2) is 21.1 Å². The number of hydrogen-bond acceptors (Lipinski definition) is 6. The highest BCUT2D eigenvalue weighted by atomic mass is 79.9. The summed E-state index contributed by atoms with van der Waals surface area (Å²) in [6.07, 6.45) is -0.144. The molecule has 0 aliphatic carbocycles. The van der Waals surface area contributed by atoms with Crippen molar-refractivity contribution in [2.45, 2.75) is 19.8 Å². The molecule has 0 aromatic heterocycles. The molecule has 142 valence electrons. The molecule has 2 amide bonds. The first-order valence-corrected chi connectivity index (χ1v) is 9.26. The Kier molecular flexibility index (Phi) is 9.52. The zero-order valence-electron chi connectivity index (χ0n) is 14.0. The zero-order chi connectivity index (χ0) is 19.7. The third-order valence-electron chi connectivity index (χ3n) is 2.89. The van der Waals surface area contributed by atoms with Crippen molar-refractivity contribution in [3.8, 4) is 5.75 Å². The molecule has 0 heterocycles. The summed E-state index contributed by atoms with van der Waals surface area (Å²) in [6.45, 7) is 1.59. The summed E-state index contributed by atoms with van der Waals surface area (Å²) >= 11 is 11.6. The Balaban J connectivity index is 2.35. The van der Waals surface area contributed by atoms with Gasteiger partial charge in [0.25, 0.3) is 5.91 Å². The monoisotopic (exact) mass is 509 g/mol. The van der Waals surface area contributed by atoms with Crippen molar-refractivity contribution in [2.24, 2.45) is 0 Å². The van der Waals surface area contributed by atoms with Crippen LogP contribution in [0.4, 0.5) is 0 Å². The number of carbonyl (C=O) groups is 3. The Labute approximate surface area is 172 Å². The van der Waals surface area contributed by atoms with Crippen LogP contribution in [0.5, 0.6) is 5.75 Å². The molecule has 8 nitrogen and oxygen atoms in total. The summed E-state index contributed by atoms with van der Waals surface area (Å²) in [5, 5.41) is 2.22. The minimum absolute atomic E-state index is 0.0629. The van der Waals surface area contributed by atoms with Crippen LogP contribution in [-0.4, -0.2) is 36.6 Å². The van der Waals surface area contributed by atoms with Gasteiger partial charge in [-0.05, 0) is 52.8 Å². The van der Waals surface area contributed by atoms with E-state index in [0.29, 0.717) is 10.2 Å². The predicted octanol–water partition coefficient (Wildman–Crippen LogP) is 1.87. The Bertz CT molecular complexity index is 692. The summed E-state index contributed by atoms with van der Waals surface area (Å²) in [5.74, 6) is -0.931. The van der Waals surface area contributed by atoms with Crippen LogP contribution in [0.25, 0.3) is 0 Å². The van der Waals surface area contributed by atoms with Crippen molar-refractivity contribution in [3.63, 3.8) is 0 Å². The second-order valence-corrected chi connectivity index (χ2v) is 7.13. The number of benzene rings is 1. The molecule has 1 rings (SSSR count). The number of rotatable bonds is 6. The van der Waals surface area contributed by atoms with E-state index in [0.717, 1.165) is 10.0 Å². The summed E-state index contributed by atoms with van der Waals surface area (Å²) in [5.41, 5.74) is 5.52. The number of methoxy groups -OCH3 is 1. The van der Waals surface area contributed by atoms with Gasteiger partial charge in [-0.3, -0.25) is 25.2 Å². The highest BCUT2D eigenvalue weighted by molar-refractivity contribution is 9.11. The number of halogens is 2. The lowest BCUT2D eigenvalue weighted by Crippen LogP contribution is -2.49. The number of nitrogens with one attached hydrogen (secondary N) is 3. The highest BCUT2D eigenvalue weighted by Crippen LogP contribution is 2.32. The summed E-state index contributed by atoms with van der Waals surface area (Å²) < 4.78 is 11.5. The second kappa shape index (κ2) is 11.1. The topological polar surface area (TPSA) is 106 Å². The third kappa shape index (κ3) is 8.11. The maximum atomic E-state index is 11.8. The molecule has 0 fully saturated rings. The van der Waals surface area contributed by atoms with Crippen molar-refractivity contribution in [1.82, 2.24) is 16.2 Å². The minimum atomic E-state index is -0.501. The van der Waals surface area contributed by atoms with E-state index in [4.69, 9.17) is 17.0 Å². The molecule has 0 aliphatic rings. The van der Waals surface area contributed by atoms with Crippen molar-refractivity contribution in [2.75, 3.05) is 13.7 Å². The van der Waals surface area contributed by atoms with Crippen LogP contribution < -0.4 is 20.9 Å². The Morgan fingerprint density at radius 3 is 2.42 bits per heavy atom. The van der Waals surface area contributed by atoms with E-state index in [-0.39, 0.29) is 24.6 Å². The van der Waals surface area contributed by atoms with Crippen LogP contribution in [0.2, 0.25) is 0 Å². The fourth-order valence-corrected chi connectivity index (χ4v) is 3.43. The number of hydrogen-bond donors (Lipinski definition) is 3. The van der Waals surface area contributed by atoms with Gasteiger partial charge in [-0.1, -0.05) is 15.9 Å². The van der Waals surface area contributed by atoms with Gasteiger partial charge in [0.05, 0.1) is 18.0 Å². The van der Waals surface area contributed by atoms with E-state index in [2.05, 4.69) is 52.8 Å². The van der Waals surface area contributed by atoms with Gasteiger partial charge in [0.15, 0.2) is 11.7 Å². The predicted molar refractivity (Wildman–Crippen MR) is 105 cm³/mol. The summed E-state index contributed by atoms with van der Waals surface area (Å²) in [7, 11) is 1.23. The normalized spacial score (nSPS) is 9.85. The first kappa shape index (κ1) is 22.3. The molecule has 0 spiro atoms. The van der Waals surface area contributed by atoms with Gasteiger partial charge in [-0.2, -0.15) is 0 Å². The Hall–Kier alpha value is -1.72. The van der Waals surface area contributed by atoms with Crippen LogP contribution in [0.1, 0.15) is 18.4 Å². The first-order chi connectivity index (χ1) is 12.2. The fourth-order valence-electron chi connectivity index (χ4n) is 1.71. The van der Waals surface area contributed by atoms with Gasteiger partial charge < -0.3 is 14.8 Å². The second-order valence-electron chi connectivity index (χ2n) is 4.95. The first-order valence-electron chi connectivity index (χ1n) is 7.26. The maximum Gasteiger partial charge on any atom is 0.306 e. The molecule has 0 saturated carbocycles. The van der Waals surface area contributed by atoms with E-state index in [9.17, 15) is 14.4 Å². The van der Waals surface area contributed by atoms with Crippen LogP contribution in [0, 0.1) is 6.92 Å². The molecule has 1 aromatic carbocycles. The smallest absolute Gasteiger partial charge is 0.306 e. The molecule has 0 bridgehead atoms. The average Bonchev–Trinajstić information content (AvgIpc) is 2.56. The minimum Gasteiger partial charge on any atom is -0.482 e. The van der Waals surface area contributed by atoms with Crippen molar-refractivity contribution in [3.05, 3.63) is 26.6 Å². The van der Waals surface area contributed by atoms with Gasteiger partial charge in [0, 0.05) is 10.9 Å². The zero-order valence-corrected chi connectivity index (χ0v) is 18.0. The standard InChI is InChI=1S/C15H17Br2N3O5S/c1-8-5-9(16)6-10(17)14(8)25-7-12(22)19-20-15(26)18-11(21)3-4-13(23)24-2/h5-6H,3-4,7H2,1-2H3,(H,19,22)(H2,18,20,21,26). The van der Waals surface area contributed by atoms with Gasteiger partial charge in [-0.15, -0.1) is 0 Å². The average molecular weight is 511 g/mol. The number of esters is 1. The molecule has 0 unspecified atom stereocenters. The number of amides is 2. The number of ether oxygens (including phenoxy) is 2. The fraction of sp³-hybridized carbons (Fsp3) is 0.333. The molecule has 0 atom stereocenters. The Morgan fingerprint density at radius 1 is 1.12 bits per heavy atom. The van der Waals surface area contributed by atoms with Crippen LogP contribution in [0.3, 0.4) is 0 Å². The number of carbonyl (C=O) groups excluding carboxylic acids is 3. The quantitative estimate of drug-likeness (QED) is 0.305. The lowest BCUT2D eigenvalue weighted by molar-refractivity contribution is -0.142. The lowest BCUT2D eigenvalue weighted by atomic mass is 10.2. The van der Waals surface area contributed by atoms with E-state index < -0.39 is 17.8 Å². The highest BCUT2D eigenvalue weighted by Gasteiger charge is 2.11. The largest absolute Gasteiger partial charge is 0.482 e. The van der Waals surface area contributed by atoms with E-state index in [1.807, 2.05) is 13.0 Å². The maximum absolute atomic E-state index is 11.8. The SMILES string of the molecule is COC(=O)CCC(=O)NC(=S)NNC(=O)COc1c(C)cc(Br)cc1Br. The summed E-state index contributed by atoms with van der Waals surface area (Å²) in [6, 6.07) is 3.66. The van der Waals surface area contributed by atoms with Gasteiger partial charge in [-0.25, -0.2) is 0 Å². The molecule has 0 aliphatic heterocycles. The lowest BCUT2D eigenvalue weighted by Gasteiger charge is -2.13. The van der Waals surface area contributed by atoms with Gasteiger partial charge in [0.1, 0.15) is 5.75 Å². The number of thiocarbonyl (C=S) groups is 1. The molecule has 3 N–H and O–H groups in total. The third-order valence-corrected chi connectivity index (χ3v) is 4.14. The van der Waals surface area contributed by atoms with Crippen LogP contribution >= 0.6 is 44.1 Å². The number of aryl methyl sites for hydroxylation is 1. The van der Waals surface area contributed by atoms with E-state index in [1.54, 1.807) is 6.07 Å². The molecule has 0 radical (unpaired) electrons. The van der Waals surface area contributed by atoms with Gasteiger partial charge >= 0.3 is 5.97 Å². The molecule has 11 heteroatoms. The molecule has 1 aromatic rings. The van der Waals surface area contributed by atoms with E-state index >= 15 is 0 Å². The van der Waals surface area contributed by atoms with Crippen molar-refractivity contribution >= 4 is 67.0 Å². The van der Waals surface area contributed by atoms with E-state index in [1.165, 1.54) is 7.11 Å². The number of hydrazine groups is 1. The van der Waals surface area contributed by atoms with Crippen LogP contribution in [-0.2, 0) is 19.1 Å². The summed E-state index contributed by atoms with van der Waals surface area (Å²) in [4.78, 5) is 34.3. The van der Waals surface area contributed by atoms with Crippen molar-refractivity contribution in [1.29, 1.82) is 0 Å². The van der Waals surface area contributed by atoms with Crippen molar-refractivity contribution < 1.29 is 23.9 Å². The molecular weight excluding hydrogens is 494 g/mol. The Morgan fingerprint density at radius 2 is 1.81 bits per heavy atom.